The Bertz CT molecular complexity index is 754. The molecule has 1 fully saturated rings. The van der Waals surface area contributed by atoms with E-state index in [0.717, 1.165) is 36.2 Å². The molecule has 0 spiro atoms. The minimum absolute atomic E-state index is 0.0645. The maximum absolute atomic E-state index is 11.9. The van der Waals surface area contributed by atoms with Gasteiger partial charge in [0.2, 0.25) is 0 Å². The lowest BCUT2D eigenvalue weighted by molar-refractivity contribution is 0.0509. The second-order valence-electron chi connectivity index (χ2n) is 7.30. The number of ether oxygens (including phenoxy) is 1. The van der Waals surface area contributed by atoms with Gasteiger partial charge in [-0.05, 0) is 46.2 Å². The Labute approximate surface area is 142 Å². The molecule has 0 bridgehead atoms. The molecule has 0 saturated carbocycles. The second-order valence-corrected chi connectivity index (χ2v) is 7.30. The molecule has 0 radical (unpaired) electrons. The summed E-state index contributed by atoms with van der Waals surface area (Å²) in [6, 6.07) is 6.24. The summed E-state index contributed by atoms with van der Waals surface area (Å²) >= 11 is 0. The van der Waals surface area contributed by atoms with Gasteiger partial charge in [0.15, 0.2) is 0 Å². The Morgan fingerprint density at radius 3 is 2.88 bits per heavy atom. The number of hydrogen-bond acceptors (Lipinski definition) is 5. The molecule has 1 unspecified atom stereocenters. The van der Waals surface area contributed by atoms with Gasteiger partial charge in [0, 0.05) is 18.5 Å². The van der Waals surface area contributed by atoms with E-state index in [1.165, 1.54) is 5.56 Å². The van der Waals surface area contributed by atoms with Crippen LogP contribution in [0.25, 0.3) is 10.9 Å². The van der Waals surface area contributed by atoms with E-state index in [9.17, 15) is 4.79 Å². The first-order valence-corrected chi connectivity index (χ1v) is 8.28. The highest BCUT2D eigenvalue weighted by molar-refractivity contribution is 5.90. The number of nitrogens with one attached hydrogen (secondary N) is 1. The van der Waals surface area contributed by atoms with Crippen molar-refractivity contribution in [2.45, 2.75) is 45.8 Å². The summed E-state index contributed by atoms with van der Waals surface area (Å²) in [7, 11) is 0. The molecule has 1 aromatic heterocycles. The van der Waals surface area contributed by atoms with Crippen LogP contribution in [-0.4, -0.2) is 40.8 Å². The Kier molecular flexibility index (Phi) is 4.30. The van der Waals surface area contributed by atoms with Crippen molar-refractivity contribution in [1.29, 1.82) is 0 Å². The molecular weight excluding hydrogens is 304 g/mol. The average molecular weight is 328 g/mol. The van der Waals surface area contributed by atoms with Crippen molar-refractivity contribution in [1.82, 2.24) is 15.3 Å². The average Bonchev–Trinajstić information content (AvgIpc) is 2.92. The number of aromatic nitrogens is 2. The summed E-state index contributed by atoms with van der Waals surface area (Å²) in [4.78, 5) is 22.9. The van der Waals surface area contributed by atoms with Crippen molar-refractivity contribution in [3.05, 3.63) is 30.1 Å². The number of aryl methyl sites for hydroxylation is 1. The minimum atomic E-state index is -0.483. The molecule has 1 aromatic carbocycles. The second kappa shape index (κ2) is 6.26. The standard InChI is InChI=1S/C18H24N4O2/c1-12-5-6-15-14(9-12)16(20-11-19-15)22-8-7-13(10-22)21-17(23)24-18(2,3)4/h5-6,9,11,13H,7-8,10H2,1-4H3,(H,21,23). The summed E-state index contributed by atoms with van der Waals surface area (Å²) in [5, 5.41) is 4.00. The number of nitrogens with zero attached hydrogens (tertiary/aromatic N) is 3. The SMILES string of the molecule is Cc1ccc2ncnc(N3CCC(NC(=O)OC(C)(C)C)C3)c2c1. The van der Waals surface area contributed by atoms with Gasteiger partial charge in [-0.1, -0.05) is 11.6 Å². The normalized spacial score (nSPS) is 18.0. The number of fused-ring (bicyclic) bond motifs is 1. The molecular formula is C18H24N4O2. The van der Waals surface area contributed by atoms with Gasteiger partial charge in [-0.25, -0.2) is 14.8 Å². The number of alkyl carbamates (subject to hydrolysis) is 1. The van der Waals surface area contributed by atoms with Crippen LogP contribution in [0.15, 0.2) is 24.5 Å². The summed E-state index contributed by atoms with van der Waals surface area (Å²) in [5.41, 5.74) is 1.64. The molecule has 2 heterocycles. The van der Waals surface area contributed by atoms with Crippen molar-refractivity contribution < 1.29 is 9.53 Å². The van der Waals surface area contributed by atoms with E-state index >= 15 is 0 Å². The molecule has 1 N–H and O–H groups in total. The first kappa shape index (κ1) is 16.5. The van der Waals surface area contributed by atoms with Crippen LogP contribution < -0.4 is 10.2 Å². The molecule has 6 nitrogen and oxygen atoms in total. The lowest BCUT2D eigenvalue weighted by Crippen LogP contribution is -2.40. The van der Waals surface area contributed by atoms with Crippen LogP contribution in [-0.2, 0) is 4.74 Å². The van der Waals surface area contributed by atoms with Gasteiger partial charge in [-0.3, -0.25) is 0 Å². The largest absolute Gasteiger partial charge is 0.444 e. The quantitative estimate of drug-likeness (QED) is 0.918. The van der Waals surface area contributed by atoms with Gasteiger partial charge in [0.05, 0.1) is 11.6 Å². The zero-order chi connectivity index (χ0) is 17.3. The smallest absolute Gasteiger partial charge is 0.407 e. The number of anilines is 1. The predicted octanol–water partition coefficient (Wildman–Crippen LogP) is 3.04. The number of carbonyl (C=O) groups is 1. The Balaban J connectivity index is 1.72. The fourth-order valence-corrected chi connectivity index (χ4v) is 2.95. The first-order valence-electron chi connectivity index (χ1n) is 8.28. The van der Waals surface area contributed by atoms with Crippen molar-refractivity contribution in [2.75, 3.05) is 18.0 Å². The van der Waals surface area contributed by atoms with Crippen LogP contribution in [0.2, 0.25) is 0 Å². The van der Waals surface area contributed by atoms with E-state index in [1.54, 1.807) is 6.33 Å². The monoisotopic (exact) mass is 328 g/mol. The predicted molar refractivity (Wildman–Crippen MR) is 94.3 cm³/mol. The third-order valence-corrected chi connectivity index (χ3v) is 3.98. The zero-order valence-electron chi connectivity index (χ0n) is 14.7. The van der Waals surface area contributed by atoms with Gasteiger partial charge >= 0.3 is 6.09 Å². The Hall–Kier alpha value is -2.37. The van der Waals surface area contributed by atoms with Gasteiger partial charge in [-0.15, -0.1) is 0 Å². The van der Waals surface area contributed by atoms with E-state index in [-0.39, 0.29) is 12.1 Å². The Morgan fingerprint density at radius 2 is 2.12 bits per heavy atom. The third kappa shape index (κ3) is 3.75. The summed E-state index contributed by atoms with van der Waals surface area (Å²) in [5.74, 6) is 0.928. The molecule has 1 aliphatic heterocycles. The number of amides is 1. The molecule has 1 saturated heterocycles. The molecule has 2 aromatic rings. The van der Waals surface area contributed by atoms with Crippen LogP contribution in [0.3, 0.4) is 0 Å². The van der Waals surface area contributed by atoms with Gasteiger partial charge in [0.1, 0.15) is 17.7 Å². The van der Waals surface area contributed by atoms with Crippen LogP contribution in [0, 0.1) is 6.92 Å². The highest BCUT2D eigenvalue weighted by Crippen LogP contribution is 2.26. The van der Waals surface area contributed by atoms with Crippen LogP contribution >= 0.6 is 0 Å². The van der Waals surface area contributed by atoms with Gasteiger partial charge in [0.25, 0.3) is 0 Å². The van der Waals surface area contributed by atoms with Crippen molar-refractivity contribution >= 4 is 22.8 Å². The molecule has 6 heteroatoms. The molecule has 1 atom stereocenters. The van der Waals surface area contributed by atoms with Crippen LogP contribution in [0.5, 0.6) is 0 Å². The molecule has 1 aliphatic rings. The van der Waals surface area contributed by atoms with E-state index in [4.69, 9.17) is 4.74 Å². The van der Waals surface area contributed by atoms with Gasteiger partial charge in [-0.2, -0.15) is 0 Å². The molecule has 128 valence electrons. The number of hydrogen-bond donors (Lipinski definition) is 1. The van der Waals surface area contributed by atoms with E-state index < -0.39 is 5.60 Å². The number of rotatable bonds is 2. The van der Waals surface area contributed by atoms with Gasteiger partial charge < -0.3 is 15.0 Å². The van der Waals surface area contributed by atoms with E-state index in [0.29, 0.717) is 0 Å². The first-order chi connectivity index (χ1) is 11.3. The fourth-order valence-electron chi connectivity index (χ4n) is 2.95. The van der Waals surface area contributed by atoms with E-state index in [1.807, 2.05) is 26.8 Å². The maximum Gasteiger partial charge on any atom is 0.407 e. The summed E-state index contributed by atoms with van der Waals surface area (Å²) < 4.78 is 5.33. The fraction of sp³-hybridized carbons (Fsp3) is 0.500. The molecule has 3 rings (SSSR count). The topological polar surface area (TPSA) is 67.4 Å². The number of carbonyl (C=O) groups excluding carboxylic acids is 1. The maximum atomic E-state index is 11.9. The molecule has 0 aliphatic carbocycles. The van der Waals surface area contributed by atoms with Crippen LogP contribution in [0.1, 0.15) is 32.8 Å². The lowest BCUT2D eigenvalue weighted by Gasteiger charge is -2.22. The number of benzene rings is 1. The highest BCUT2D eigenvalue weighted by atomic mass is 16.6. The van der Waals surface area contributed by atoms with Crippen molar-refractivity contribution in [3.8, 4) is 0 Å². The lowest BCUT2D eigenvalue weighted by atomic mass is 10.1. The van der Waals surface area contributed by atoms with Crippen LogP contribution in [0.4, 0.5) is 10.6 Å². The third-order valence-electron chi connectivity index (χ3n) is 3.98. The van der Waals surface area contributed by atoms with Crippen molar-refractivity contribution in [2.24, 2.45) is 0 Å². The summed E-state index contributed by atoms with van der Waals surface area (Å²) in [6.07, 6.45) is 2.11. The highest BCUT2D eigenvalue weighted by Gasteiger charge is 2.27. The van der Waals surface area contributed by atoms with Crippen molar-refractivity contribution in [3.63, 3.8) is 0 Å². The molecule has 24 heavy (non-hydrogen) atoms. The Morgan fingerprint density at radius 1 is 1.33 bits per heavy atom. The summed E-state index contributed by atoms with van der Waals surface area (Å²) in [6.45, 7) is 9.22. The minimum Gasteiger partial charge on any atom is -0.444 e. The zero-order valence-corrected chi connectivity index (χ0v) is 14.7. The molecule has 1 amide bonds. The van der Waals surface area contributed by atoms with E-state index in [2.05, 4.69) is 39.2 Å².